The molecule has 4 heteroatoms. The number of hydrogen-bond donors (Lipinski definition) is 1. The summed E-state index contributed by atoms with van der Waals surface area (Å²) < 4.78 is 5.10. The fraction of sp³-hybridized carbons (Fsp3) is 0.412. The van der Waals surface area contributed by atoms with Gasteiger partial charge in [-0.25, -0.2) is 4.79 Å². The number of Topliss-reactive ketones (excluding diaryl/α,β-unsaturated/α-hetero) is 1. The van der Waals surface area contributed by atoms with Crippen molar-refractivity contribution in [3.05, 3.63) is 47.2 Å². The van der Waals surface area contributed by atoms with Crippen LogP contribution in [0.15, 0.2) is 41.7 Å². The summed E-state index contributed by atoms with van der Waals surface area (Å²) in [6.45, 7) is 5.67. The van der Waals surface area contributed by atoms with E-state index in [9.17, 15) is 14.7 Å². The Morgan fingerprint density at radius 3 is 2.38 bits per heavy atom. The van der Waals surface area contributed by atoms with E-state index < -0.39 is 23.8 Å². The quantitative estimate of drug-likeness (QED) is 0.400. The second kappa shape index (κ2) is 6.12. The first-order valence-corrected chi connectivity index (χ1v) is 7.15. The summed E-state index contributed by atoms with van der Waals surface area (Å²) in [6, 6.07) is 9.25. The van der Waals surface area contributed by atoms with E-state index >= 15 is 0 Å². The molecule has 0 aromatic heterocycles. The molecular weight excluding hydrogens is 268 g/mol. The fourth-order valence-corrected chi connectivity index (χ4v) is 2.43. The number of aliphatic hydroxyl groups excluding tert-OH is 1. The maximum Gasteiger partial charge on any atom is 0.346 e. The summed E-state index contributed by atoms with van der Waals surface area (Å²) in [5, 5.41) is 10.3. The van der Waals surface area contributed by atoms with Crippen molar-refractivity contribution in [2.24, 2.45) is 5.92 Å². The van der Waals surface area contributed by atoms with Gasteiger partial charge in [-0.2, -0.15) is 0 Å². The molecule has 21 heavy (non-hydrogen) atoms. The first-order chi connectivity index (χ1) is 9.91. The lowest BCUT2D eigenvalue weighted by molar-refractivity contribution is -0.141. The van der Waals surface area contributed by atoms with E-state index in [1.807, 2.05) is 44.2 Å². The number of cyclic esters (lactones) is 1. The van der Waals surface area contributed by atoms with Gasteiger partial charge in [-0.15, -0.1) is 0 Å². The number of aliphatic hydroxyl groups is 1. The van der Waals surface area contributed by atoms with Crippen molar-refractivity contribution in [3.63, 3.8) is 0 Å². The van der Waals surface area contributed by atoms with Crippen molar-refractivity contribution in [3.8, 4) is 0 Å². The van der Waals surface area contributed by atoms with Gasteiger partial charge in [0.1, 0.15) is 11.3 Å². The Hall–Kier alpha value is -2.10. The molecule has 1 aliphatic rings. The maximum absolute atomic E-state index is 12.3. The van der Waals surface area contributed by atoms with Crippen LogP contribution in [0, 0.1) is 5.92 Å². The average molecular weight is 288 g/mol. The normalized spacial score (nSPS) is 22.4. The van der Waals surface area contributed by atoms with E-state index in [-0.39, 0.29) is 17.3 Å². The first kappa shape index (κ1) is 15.3. The smallest absolute Gasteiger partial charge is 0.346 e. The number of esters is 1. The highest BCUT2D eigenvalue weighted by Crippen LogP contribution is 2.30. The zero-order valence-corrected chi connectivity index (χ0v) is 12.5. The first-order valence-electron chi connectivity index (χ1n) is 7.15. The third kappa shape index (κ3) is 3.15. The highest BCUT2D eigenvalue weighted by molar-refractivity contribution is 6.23. The summed E-state index contributed by atoms with van der Waals surface area (Å²) in [5.74, 6) is -1.52. The van der Waals surface area contributed by atoms with Gasteiger partial charge in [-0.05, 0) is 17.9 Å². The van der Waals surface area contributed by atoms with Crippen LogP contribution < -0.4 is 0 Å². The molecule has 0 radical (unpaired) electrons. The second-order valence-electron chi connectivity index (χ2n) is 5.78. The predicted octanol–water partition coefficient (Wildman–Crippen LogP) is 3.14. The Morgan fingerprint density at radius 2 is 1.81 bits per heavy atom. The van der Waals surface area contributed by atoms with Crippen LogP contribution in [0.4, 0.5) is 0 Å². The third-order valence-corrected chi connectivity index (χ3v) is 3.64. The number of carbonyl (C=O) groups excluding carboxylic acids is 2. The summed E-state index contributed by atoms with van der Waals surface area (Å²) in [7, 11) is 0. The standard InChI is InChI=1S/C17H20O4/c1-10(2)9-13-16(19)14(17(20)21-13)15(18)11(3)12-7-5-4-6-8-12/h4-8,10-11,13,18H,9H2,1-3H3. The lowest BCUT2D eigenvalue weighted by atomic mass is 9.93. The van der Waals surface area contributed by atoms with Gasteiger partial charge in [-0.3, -0.25) is 4.79 Å². The summed E-state index contributed by atoms with van der Waals surface area (Å²) in [5.41, 5.74) is 0.646. The molecule has 1 aromatic carbocycles. The number of carbonyl (C=O) groups is 2. The highest BCUT2D eigenvalue weighted by Gasteiger charge is 2.41. The lowest BCUT2D eigenvalue weighted by Gasteiger charge is -2.12. The Labute approximate surface area is 124 Å². The minimum atomic E-state index is -0.766. The van der Waals surface area contributed by atoms with Crippen LogP contribution in [0.5, 0.6) is 0 Å². The van der Waals surface area contributed by atoms with E-state index in [1.165, 1.54) is 0 Å². The van der Waals surface area contributed by atoms with Gasteiger partial charge in [0.05, 0.1) is 0 Å². The van der Waals surface area contributed by atoms with E-state index in [0.29, 0.717) is 6.42 Å². The SMILES string of the molecule is CC(C)CC1OC(=O)C(=C(O)C(C)c2ccccc2)C1=O. The number of hydrogen-bond acceptors (Lipinski definition) is 4. The Bertz CT molecular complexity index is 572. The van der Waals surface area contributed by atoms with Gasteiger partial charge in [0.2, 0.25) is 5.78 Å². The highest BCUT2D eigenvalue weighted by atomic mass is 16.6. The van der Waals surface area contributed by atoms with Gasteiger partial charge < -0.3 is 9.84 Å². The van der Waals surface area contributed by atoms with Crippen molar-refractivity contribution in [1.82, 2.24) is 0 Å². The number of rotatable bonds is 4. The van der Waals surface area contributed by atoms with E-state index in [2.05, 4.69) is 0 Å². The van der Waals surface area contributed by atoms with Crippen molar-refractivity contribution in [1.29, 1.82) is 0 Å². The van der Waals surface area contributed by atoms with Crippen LogP contribution in [0.2, 0.25) is 0 Å². The van der Waals surface area contributed by atoms with Crippen LogP contribution in [-0.4, -0.2) is 23.0 Å². The van der Waals surface area contributed by atoms with Gasteiger partial charge >= 0.3 is 5.97 Å². The number of ether oxygens (including phenoxy) is 1. The molecule has 1 aliphatic heterocycles. The molecule has 1 aromatic rings. The van der Waals surface area contributed by atoms with Gasteiger partial charge in [0, 0.05) is 5.92 Å². The van der Waals surface area contributed by atoms with Crippen molar-refractivity contribution in [2.75, 3.05) is 0 Å². The molecule has 2 rings (SSSR count). The van der Waals surface area contributed by atoms with Crippen LogP contribution in [0.1, 0.15) is 38.7 Å². The van der Waals surface area contributed by atoms with Crippen LogP contribution in [-0.2, 0) is 14.3 Å². The average Bonchev–Trinajstić information content (AvgIpc) is 2.72. The third-order valence-electron chi connectivity index (χ3n) is 3.64. The molecule has 2 atom stereocenters. The van der Waals surface area contributed by atoms with Gasteiger partial charge in [-0.1, -0.05) is 51.1 Å². The Morgan fingerprint density at radius 1 is 1.19 bits per heavy atom. The van der Waals surface area contributed by atoms with Crippen LogP contribution >= 0.6 is 0 Å². The Kier molecular flexibility index (Phi) is 4.46. The Balaban J connectivity index is 2.30. The van der Waals surface area contributed by atoms with Crippen LogP contribution in [0.25, 0.3) is 0 Å². The van der Waals surface area contributed by atoms with Gasteiger partial charge in [0.15, 0.2) is 6.10 Å². The monoisotopic (exact) mass is 288 g/mol. The molecule has 1 heterocycles. The molecule has 2 unspecified atom stereocenters. The van der Waals surface area contributed by atoms with Crippen molar-refractivity contribution < 1.29 is 19.4 Å². The minimum Gasteiger partial charge on any atom is -0.511 e. The molecule has 0 saturated carbocycles. The topological polar surface area (TPSA) is 63.6 Å². The molecule has 1 N–H and O–H groups in total. The maximum atomic E-state index is 12.3. The molecule has 0 amide bonds. The molecule has 0 aliphatic carbocycles. The van der Waals surface area contributed by atoms with Crippen molar-refractivity contribution in [2.45, 2.75) is 39.2 Å². The minimum absolute atomic E-state index is 0.197. The summed E-state index contributed by atoms with van der Waals surface area (Å²) in [6.07, 6.45) is -0.293. The molecule has 1 fully saturated rings. The summed E-state index contributed by atoms with van der Waals surface area (Å²) >= 11 is 0. The molecule has 4 nitrogen and oxygen atoms in total. The number of ketones is 1. The predicted molar refractivity (Wildman–Crippen MR) is 78.9 cm³/mol. The number of benzene rings is 1. The van der Waals surface area contributed by atoms with E-state index in [0.717, 1.165) is 5.56 Å². The van der Waals surface area contributed by atoms with E-state index in [4.69, 9.17) is 4.74 Å². The molecule has 0 spiro atoms. The zero-order chi connectivity index (χ0) is 15.6. The summed E-state index contributed by atoms with van der Waals surface area (Å²) in [4.78, 5) is 24.2. The fourth-order valence-electron chi connectivity index (χ4n) is 2.43. The van der Waals surface area contributed by atoms with Crippen molar-refractivity contribution >= 4 is 11.8 Å². The largest absolute Gasteiger partial charge is 0.511 e. The van der Waals surface area contributed by atoms with E-state index in [1.54, 1.807) is 6.92 Å². The number of allylic oxidation sites excluding steroid dienone is 1. The van der Waals surface area contributed by atoms with Gasteiger partial charge in [0.25, 0.3) is 0 Å². The van der Waals surface area contributed by atoms with Crippen LogP contribution in [0.3, 0.4) is 0 Å². The molecule has 112 valence electrons. The molecular formula is C17H20O4. The second-order valence-corrected chi connectivity index (χ2v) is 5.78. The molecule has 0 bridgehead atoms. The lowest BCUT2D eigenvalue weighted by Crippen LogP contribution is -2.19. The molecule has 1 saturated heterocycles. The zero-order valence-electron chi connectivity index (χ0n) is 12.5.